The van der Waals surface area contributed by atoms with Crippen molar-refractivity contribution in [2.45, 2.75) is 31.7 Å². The normalized spacial score (nSPS) is 12.9. The van der Waals surface area contributed by atoms with Crippen LogP contribution in [0.15, 0.2) is 17.6 Å². The molecule has 0 saturated heterocycles. The first-order chi connectivity index (χ1) is 8.27. The molecule has 0 saturated carbocycles. The summed E-state index contributed by atoms with van der Waals surface area (Å²) < 4.78 is 28.1. The van der Waals surface area contributed by atoms with E-state index in [4.69, 9.17) is 11.6 Å². The molecule has 0 aliphatic heterocycles. The van der Waals surface area contributed by atoms with Gasteiger partial charge in [0.1, 0.15) is 0 Å². The van der Waals surface area contributed by atoms with E-state index in [-0.39, 0.29) is 10.4 Å². The Hall–Kier alpha value is -0.590. The van der Waals surface area contributed by atoms with Gasteiger partial charge in [-0.25, -0.2) is 18.1 Å². The molecule has 1 aromatic heterocycles. The third-order valence-electron chi connectivity index (χ3n) is 2.68. The number of aromatic nitrogens is 2. The summed E-state index contributed by atoms with van der Waals surface area (Å²) in [5.41, 5.74) is -0.114. The van der Waals surface area contributed by atoms with Crippen LogP contribution in [-0.2, 0) is 17.1 Å². The van der Waals surface area contributed by atoms with Gasteiger partial charge < -0.3 is 4.57 Å². The van der Waals surface area contributed by atoms with Crippen molar-refractivity contribution in [2.75, 3.05) is 12.4 Å². The quantitative estimate of drug-likeness (QED) is 0.779. The Morgan fingerprint density at radius 1 is 1.50 bits per heavy atom. The number of nitrogens with zero attached hydrogens (tertiary/aromatic N) is 2. The molecule has 18 heavy (non-hydrogen) atoms. The first-order valence-corrected chi connectivity index (χ1v) is 7.82. The summed E-state index contributed by atoms with van der Waals surface area (Å²) in [5.74, 6) is 0.594. The van der Waals surface area contributed by atoms with Crippen LogP contribution in [0.2, 0.25) is 0 Å². The number of rotatable bonds is 7. The first-order valence-electron chi connectivity index (χ1n) is 5.80. The highest BCUT2D eigenvalue weighted by atomic mass is 35.5. The highest BCUT2D eigenvalue weighted by Crippen LogP contribution is 2.22. The van der Waals surface area contributed by atoms with Crippen LogP contribution >= 0.6 is 11.6 Å². The van der Waals surface area contributed by atoms with Crippen molar-refractivity contribution in [3.05, 3.63) is 12.5 Å². The van der Waals surface area contributed by atoms with Crippen LogP contribution < -0.4 is 4.72 Å². The topological polar surface area (TPSA) is 64.0 Å². The number of hydrogen-bond donors (Lipinski definition) is 1. The Balaban J connectivity index is 2.62. The zero-order chi connectivity index (χ0) is 13.8. The Labute approximate surface area is 114 Å². The minimum atomic E-state index is -3.51. The lowest BCUT2D eigenvalue weighted by Crippen LogP contribution is -2.34. The Morgan fingerprint density at radius 2 is 2.17 bits per heavy atom. The average Bonchev–Trinajstić information content (AvgIpc) is 2.72. The van der Waals surface area contributed by atoms with Crippen LogP contribution in [0.25, 0.3) is 0 Å². The predicted molar refractivity (Wildman–Crippen MR) is 72.1 cm³/mol. The summed E-state index contributed by atoms with van der Waals surface area (Å²) in [7, 11) is -1.78. The molecule has 0 aromatic carbocycles. The van der Waals surface area contributed by atoms with E-state index in [1.54, 1.807) is 11.6 Å². The fourth-order valence-corrected chi connectivity index (χ4v) is 2.88. The fourth-order valence-electron chi connectivity index (χ4n) is 1.53. The highest BCUT2D eigenvalue weighted by molar-refractivity contribution is 7.89. The largest absolute Gasteiger partial charge is 0.339 e. The molecule has 1 N–H and O–H groups in total. The molecule has 7 heteroatoms. The van der Waals surface area contributed by atoms with Crippen LogP contribution in [0, 0.1) is 5.41 Å². The predicted octanol–water partition coefficient (Wildman–Crippen LogP) is 1.74. The molecule has 0 spiro atoms. The van der Waals surface area contributed by atoms with E-state index in [2.05, 4.69) is 9.71 Å². The van der Waals surface area contributed by atoms with E-state index >= 15 is 0 Å². The Morgan fingerprint density at radius 3 is 2.67 bits per heavy atom. The number of imidazole rings is 1. The van der Waals surface area contributed by atoms with E-state index in [0.29, 0.717) is 12.4 Å². The van der Waals surface area contributed by atoms with Gasteiger partial charge in [-0.3, -0.25) is 0 Å². The standard InChI is InChI=1S/C11H20ClN3O2S/c1-11(2,5-4-6-12)8-14-18(16,17)10-7-15(3)9-13-10/h7,9,14H,4-6,8H2,1-3H3. The number of hydrogen-bond acceptors (Lipinski definition) is 3. The molecule has 0 unspecified atom stereocenters. The summed E-state index contributed by atoms with van der Waals surface area (Å²) in [4.78, 5) is 3.84. The number of sulfonamides is 1. The molecular formula is C11H20ClN3O2S. The molecule has 1 aromatic rings. The molecule has 0 aliphatic rings. The molecule has 0 amide bonds. The smallest absolute Gasteiger partial charge is 0.259 e. The van der Waals surface area contributed by atoms with Gasteiger partial charge in [-0.2, -0.15) is 0 Å². The van der Waals surface area contributed by atoms with Crippen molar-refractivity contribution in [1.29, 1.82) is 0 Å². The minimum absolute atomic E-state index is 0.0538. The maximum Gasteiger partial charge on any atom is 0.259 e. The maximum atomic E-state index is 12.0. The van der Waals surface area contributed by atoms with Crippen LogP contribution in [0.3, 0.4) is 0 Å². The summed E-state index contributed by atoms with van der Waals surface area (Å²) in [6.07, 6.45) is 4.70. The molecular weight excluding hydrogens is 274 g/mol. The number of alkyl halides is 1. The molecule has 1 heterocycles. The molecule has 1 rings (SSSR count). The summed E-state index contributed by atoms with van der Waals surface area (Å²) >= 11 is 5.64. The number of aryl methyl sites for hydroxylation is 1. The summed E-state index contributed by atoms with van der Waals surface area (Å²) in [6.45, 7) is 4.41. The molecule has 0 radical (unpaired) electrons. The molecule has 104 valence electrons. The summed E-state index contributed by atoms with van der Waals surface area (Å²) in [6, 6.07) is 0. The molecule has 0 fully saturated rings. The van der Waals surface area contributed by atoms with Crippen LogP contribution in [0.4, 0.5) is 0 Å². The van der Waals surface area contributed by atoms with Crippen LogP contribution in [-0.4, -0.2) is 30.4 Å². The summed E-state index contributed by atoms with van der Waals surface area (Å²) in [5, 5.41) is 0.0538. The van der Waals surface area contributed by atoms with Gasteiger partial charge in [0.15, 0.2) is 5.03 Å². The van der Waals surface area contributed by atoms with Crippen molar-refractivity contribution in [3.63, 3.8) is 0 Å². The Kier molecular flexibility index (Phi) is 5.19. The van der Waals surface area contributed by atoms with Crippen molar-refractivity contribution in [3.8, 4) is 0 Å². The van der Waals surface area contributed by atoms with Crippen LogP contribution in [0.5, 0.6) is 0 Å². The van der Waals surface area contributed by atoms with E-state index in [1.165, 1.54) is 12.5 Å². The lowest BCUT2D eigenvalue weighted by molar-refractivity contribution is 0.331. The van der Waals surface area contributed by atoms with Crippen molar-refractivity contribution in [1.82, 2.24) is 14.3 Å². The lowest BCUT2D eigenvalue weighted by atomic mass is 9.88. The van der Waals surface area contributed by atoms with Crippen LogP contribution in [0.1, 0.15) is 26.7 Å². The van der Waals surface area contributed by atoms with Gasteiger partial charge in [0, 0.05) is 25.7 Å². The van der Waals surface area contributed by atoms with Gasteiger partial charge in [0.2, 0.25) is 0 Å². The van der Waals surface area contributed by atoms with E-state index in [9.17, 15) is 8.42 Å². The van der Waals surface area contributed by atoms with Gasteiger partial charge in [0.25, 0.3) is 10.0 Å². The maximum absolute atomic E-state index is 12.0. The van der Waals surface area contributed by atoms with Crippen molar-refractivity contribution in [2.24, 2.45) is 12.5 Å². The zero-order valence-electron chi connectivity index (χ0n) is 11.0. The lowest BCUT2D eigenvalue weighted by Gasteiger charge is -2.24. The van der Waals surface area contributed by atoms with Gasteiger partial charge in [0.05, 0.1) is 6.33 Å². The molecule has 0 bridgehead atoms. The Bertz CT molecular complexity index is 482. The number of halogens is 1. The second-order valence-corrected chi connectivity index (χ2v) is 7.25. The van der Waals surface area contributed by atoms with Gasteiger partial charge in [-0.1, -0.05) is 13.8 Å². The SMILES string of the molecule is Cn1cnc(S(=O)(=O)NCC(C)(C)CCCCl)c1. The van der Waals surface area contributed by atoms with Gasteiger partial charge >= 0.3 is 0 Å². The van der Waals surface area contributed by atoms with Gasteiger partial charge in [-0.15, -0.1) is 11.6 Å². The first kappa shape index (κ1) is 15.5. The number of nitrogens with one attached hydrogen (secondary N) is 1. The second-order valence-electron chi connectivity index (χ2n) is 5.16. The second kappa shape index (κ2) is 6.04. The third kappa shape index (κ3) is 4.59. The van der Waals surface area contributed by atoms with E-state index in [0.717, 1.165) is 12.8 Å². The minimum Gasteiger partial charge on any atom is -0.339 e. The van der Waals surface area contributed by atoms with E-state index < -0.39 is 10.0 Å². The molecule has 5 nitrogen and oxygen atoms in total. The van der Waals surface area contributed by atoms with Crippen molar-refractivity contribution < 1.29 is 8.42 Å². The fraction of sp³-hybridized carbons (Fsp3) is 0.727. The van der Waals surface area contributed by atoms with Crippen molar-refractivity contribution >= 4 is 21.6 Å². The zero-order valence-corrected chi connectivity index (χ0v) is 12.6. The van der Waals surface area contributed by atoms with Gasteiger partial charge in [-0.05, 0) is 18.3 Å². The molecule has 0 atom stereocenters. The average molecular weight is 294 g/mol. The highest BCUT2D eigenvalue weighted by Gasteiger charge is 2.23. The van der Waals surface area contributed by atoms with E-state index in [1.807, 2.05) is 13.8 Å². The monoisotopic (exact) mass is 293 g/mol. The molecule has 0 aliphatic carbocycles. The third-order valence-corrected chi connectivity index (χ3v) is 4.24.